The zero-order valence-electron chi connectivity index (χ0n) is 16.3. The molecule has 124 valence electrons. The molecule has 0 spiro atoms. The van der Waals surface area contributed by atoms with E-state index in [9.17, 15) is 0 Å². The Labute approximate surface area is 148 Å². The summed E-state index contributed by atoms with van der Waals surface area (Å²) in [7, 11) is 0. The van der Waals surface area contributed by atoms with Gasteiger partial charge >= 0.3 is 0 Å². The van der Waals surface area contributed by atoms with Crippen LogP contribution in [0.3, 0.4) is 0 Å². The van der Waals surface area contributed by atoms with Gasteiger partial charge in [-0.05, 0) is 89.8 Å². The highest BCUT2D eigenvalue weighted by Gasteiger charge is 2.22. The van der Waals surface area contributed by atoms with Gasteiger partial charge in [0, 0.05) is 0 Å². The molecule has 0 aromatic heterocycles. The summed E-state index contributed by atoms with van der Waals surface area (Å²) in [6.07, 6.45) is 3.76. The average Bonchev–Trinajstić information content (AvgIpc) is 2.86. The number of hydrogen-bond acceptors (Lipinski definition) is 0. The molecule has 0 atom stereocenters. The van der Waals surface area contributed by atoms with Crippen LogP contribution in [0.15, 0.2) is 56.7 Å². The topological polar surface area (TPSA) is 0 Å². The van der Waals surface area contributed by atoms with Gasteiger partial charge in [0.05, 0.1) is 11.8 Å². The van der Waals surface area contributed by atoms with E-state index in [4.69, 9.17) is 0 Å². The minimum Gasteiger partial charge on any atom is -0.0861 e. The van der Waals surface area contributed by atoms with E-state index in [0.29, 0.717) is 0 Å². The van der Waals surface area contributed by atoms with Gasteiger partial charge in [-0.15, -0.1) is 0 Å². The average molecular weight is 316 g/mol. The van der Waals surface area contributed by atoms with Crippen molar-refractivity contribution < 1.29 is 0 Å². The quantitative estimate of drug-likeness (QED) is 0.470. The maximum absolute atomic E-state index is 3.36. The fraction of sp³-hybridized carbons (Fsp3) is 0.417. The molecule has 0 aromatic carbocycles. The van der Waals surface area contributed by atoms with Gasteiger partial charge in [0.15, 0.2) is 0 Å². The van der Waals surface area contributed by atoms with Gasteiger partial charge in [0.25, 0.3) is 0 Å². The molecule has 24 heavy (non-hydrogen) atoms. The van der Waals surface area contributed by atoms with Crippen LogP contribution in [0.4, 0.5) is 0 Å². The first-order valence-electron chi connectivity index (χ1n) is 8.64. The second-order valence-electron chi connectivity index (χ2n) is 7.01. The first-order chi connectivity index (χ1) is 11.3. The van der Waals surface area contributed by atoms with Gasteiger partial charge in [0.2, 0.25) is 0 Å². The van der Waals surface area contributed by atoms with Crippen LogP contribution in [0.5, 0.6) is 0 Å². The molecule has 0 fully saturated rings. The van der Waals surface area contributed by atoms with E-state index in [2.05, 4.69) is 79.1 Å². The van der Waals surface area contributed by atoms with E-state index in [1.165, 1.54) is 44.6 Å². The minimum atomic E-state index is 0.276. The van der Waals surface area contributed by atoms with E-state index in [1.54, 1.807) is 0 Å². The van der Waals surface area contributed by atoms with Gasteiger partial charge in [-0.2, -0.15) is 0 Å². The Balaban J connectivity index is 2.07. The molecule has 0 amide bonds. The van der Waals surface area contributed by atoms with Crippen molar-refractivity contribution in [3.05, 3.63) is 56.7 Å². The molecule has 0 nitrogen and oxygen atoms in total. The molecule has 2 aliphatic rings. The van der Waals surface area contributed by atoms with Crippen LogP contribution >= 0.6 is 0 Å². The normalized spacial score (nSPS) is 19.5. The minimum absolute atomic E-state index is 0.276. The van der Waals surface area contributed by atoms with E-state index >= 15 is 0 Å². The first kappa shape index (κ1) is 18.2. The first-order valence-corrected chi connectivity index (χ1v) is 8.64. The number of rotatable bonds is 0. The lowest BCUT2D eigenvalue weighted by molar-refractivity contribution is 0.942. The summed E-state index contributed by atoms with van der Waals surface area (Å²) >= 11 is 0. The Bertz CT molecular complexity index is 719. The summed E-state index contributed by atoms with van der Waals surface area (Å²) in [5.74, 6) is 13.6. The van der Waals surface area contributed by atoms with Crippen molar-refractivity contribution in [3.8, 4) is 23.7 Å². The Kier molecular flexibility index (Phi) is 5.41. The maximum Gasteiger partial charge on any atom is 0.0631 e. The number of allylic oxidation sites excluding steroid dienone is 10. The molecule has 0 heteroatoms. The highest BCUT2D eigenvalue weighted by atomic mass is 14.3. The van der Waals surface area contributed by atoms with Crippen LogP contribution in [0.2, 0.25) is 0 Å². The highest BCUT2D eigenvalue weighted by molar-refractivity contribution is 5.52. The second kappa shape index (κ2) is 7.15. The standard InChI is InChI=1S/C24H28/c1-15-16(2)20(6)23(19(15)5)13-11-9-10-12-14-24-21(7)17(3)18(4)22(24)8/h9-10,23-24H,1-8H3/b10-9+. The molecule has 2 aliphatic carbocycles. The second-order valence-corrected chi connectivity index (χ2v) is 7.01. The van der Waals surface area contributed by atoms with E-state index in [-0.39, 0.29) is 11.8 Å². The third kappa shape index (κ3) is 3.20. The fourth-order valence-corrected chi connectivity index (χ4v) is 3.48. The van der Waals surface area contributed by atoms with Crippen molar-refractivity contribution in [2.45, 2.75) is 55.4 Å². The molecular weight excluding hydrogens is 288 g/mol. The van der Waals surface area contributed by atoms with Crippen molar-refractivity contribution >= 4 is 0 Å². The molecule has 0 saturated carbocycles. The van der Waals surface area contributed by atoms with Crippen LogP contribution in [0.1, 0.15) is 55.4 Å². The predicted octanol–water partition coefficient (Wildman–Crippen LogP) is 6.15. The van der Waals surface area contributed by atoms with Crippen molar-refractivity contribution in [1.82, 2.24) is 0 Å². The summed E-state index contributed by atoms with van der Waals surface area (Å²) in [4.78, 5) is 0. The van der Waals surface area contributed by atoms with E-state index in [1.807, 2.05) is 12.2 Å². The Morgan fingerprint density at radius 1 is 0.500 bits per heavy atom. The zero-order valence-corrected chi connectivity index (χ0v) is 16.3. The Hall–Kier alpha value is -2.18. The lowest BCUT2D eigenvalue weighted by Crippen LogP contribution is -1.96. The van der Waals surface area contributed by atoms with Crippen LogP contribution in [-0.4, -0.2) is 0 Å². The van der Waals surface area contributed by atoms with Crippen molar-refractivity contribution in [2.24, 2.45) is 11.8 Å². The molecule has 0 radical (unpaired) electrons. The lowest BCUT2D eigenvalue weighted by atomic mass is 9.97. The zero-order chi connectivity index (χ0) is 18.0. The third-order valence-corrected chi connectivity index (χ3v) is 5.93. The van der Waals surface area contributed by atoms with Crippen LogP contribution in [0, 0.1) is 35.5 Å². The molecule has 0 N–H and O–H groups in total. The molecule has 0 bridgehead atoms. The van der Waals surface area contributed by atoms with Gasteiger partial charge in [-0.1, -0.05) is 46.0 Å². The monoisotopic (exact) mass is 316 g/mol. The molecule has 0 heterocycles. The molecule has 2 rings (SSSR count). The Morgan fingerprint density at radius 3 is 1.00 bits per heavy atom. The van der Waals surface area contributed by atoms with E-state index < -0.39 is 0 Å². The van der Waals surface area contributed by atoms with Gasteiger partial charge < -0.3 is 0 Å². The third-order valence-electron chi connectivity index (χ3n) is 5.93. The SMILES string of the molecule is CC1=C(C)C(C#C/C=C/C#CC2C(C)=C(C)C(C)=C2C)C(C)=C1C. The highest BCUT2D eigenvalue weighted by Crippen LogP contribution is 2.36. The molecule has 0 aliphatic heterocycles. The predicted molar refractivity (Wildman–Crippen MR) is 105 cm³/mol. The molecule has 0 unspecified atom stereocenters. The van der Waals surface area contributed by atoms with Crippen molar-refractivity contribution in [1.29, 1.82) is 0 Å². The summed E-state index contributed by atoms with van der Waals surface area (Å²) < 4.78 is 0. The fourth-order valence-electron chi connectivity index (χ4n) is 3.48. The summed E-state index contributed by atoms with van der Waals surface area (Å²) in [5, 5.41) is 0. The molecule has 0 aromatic rings. The molecule has 0 saturated heterocycles. The van der Waals surface area contributed by atoms with Gasteiger partial charge in [-0.3, -0.25) is 0 Å². The van der Waals surface area contributed by atoms with Crippen LogP contribution < -0.4 is 0 Å². The summed E-state index contributed by atoms with van der Waals surface area (Å²) in [5.41, 5.74) is 11.1. The van der Waals surface area contributed by atoms with Crippen molar-refractivity contribution in [2.75, 3.05) is 0 Å². The molecular formula is C24H28. The largest absolute Gasteiger partial charge is 0.0861 e. The lowest BCUT2D eigenvalue weighted by Gasteiger charge is -2.05. The smallest absolute Gasteiger partial charge is 0.0631 e. The summed E-state index contributed by atoms with van der Waals surface area (Å²) in [6.45, 7) is 17.5. The van der Waals surface area contributed by atoms with Gasteiger partial charge in [-0.25, -0.2) is 0 Å². The van der Waals surface area contributed by atoms with Gasteiger partial charge in [0.1, 0.15) is 0 Å². The Morgan fingerprint density at radius 2 is 0.750 bits per heavy atom. The summed E-state index contributed by atoms with van der Waals surface area (Å²) in [6, 6.07) is 0. The van der Waals surface area contributed by atoms with Crippen LogP contribution in [-0.2, 0) is 0 Å². The number of hydrogen-bond donors (Lipinski definition) is 0. The maximum atomic E-state index is 3.36. The van der Waals surface area contributed by atoms with Crippen LogP contribution in [0.25, 0.3) is 0 Å². The van der Waals surface area contributed by atoms with E-state index in [0.717, 1.165) is 0 Å². The van der Waals surface area contributed by atoms with Crippen molar-refractivity contribution in [3.63, 3.8) is 0 Å².